The fraction of sp³-hybridized carbons (Fsp3) is 0.188. The molecule has 0 spiro atoms. The molecule has 0 amide bonds. The van der Waals surface area contributed by atoms with Crippen LogP contribution in [0, 0.1) is 11.3 Å². The van der Waals surface area contributed by atoms with Crippen LogP contribution in [-0.4, -0.2) is 0 Å². The van der Waals surface area contributed by atoms with Crippen molar-refractivity contribution in [2.75, 3.05) is 0 Å². The molecule has 1 heteroatoms. The number of nitrogens with zero attached hydrogens (tertiary/aromatic N) is 1. The third-order valence-electron chi connectivity index (χ3n) is 3.45. The number of aryl methyl sites for hydroxylation is 1. The van der Waals surface area contributed by atoms with Gasteiger partial charge in [0.25, 0.3) is 0 Å². The Morgan fingerprint density at radius 1 is 1.00 bits per heavy atom. The highest BCUT2D eigenvalue weighted by Crippen LogP contribution is 2.38. The van der Waals surface area contributed by atoms with Crippen LogP contribution < -0.4 is 0 Å². The van der Waals surface area contributed by atoms with Crippen molar-refractivity contribution in [1.82, 2.24) is 0 Å². The Hall–Kier alpha value is -2.07. The van der Waals surface area contributed by atoms with Crippen molar-refractivity contribution in [3.05, 3.63) is 59.2 Å². The molecule has 82 valence electrons. The summed E-state index contributed by atoms with van der Waals surface area (Å²) in [4.78, 5) is 0. The van der Waals surface area contributed by atoms with E-state index in [0.29, 0.717) is 6.42 Å². The summed E-state index contributed by atoms with van der Waals surface area (Å²) in [5.41, 5.74) is 6.88. The van der Waals surface area contributed by atoms with Crippen LogP contribution in [-0.2, 0) is 12.8 Å². The second kappa shape index (κ2) is 4.07. The standard InChI is InChI=1S/C16H13N/c17-10-4-7-12-6-3-9-15-14-8-2-1-5-13(14)11-16(12)15/h1-3,5-6,8-9H,4,7,11H2. The van der Waals surface area contributed by atoms with Crippen molar-refractivity contribution in [3.8, 4) is 17.2 Å². The molecule has 0 radical (unpaired) electrons. The Labute approximate surface area is 101 Å². The van der Waals surface area contributed by atoms with Gasteiger partial charge in [-0.05, 0) is 40.7 Å². The van der Waals surface area contributed by atoms with Gasteiger partial charge in [-0.1, -0.05) is 42.5 Å². The van der Waals surface area contributed by atoms with E-state index in [1.807, 2.05) is 0 Å². The maximum absolute atomic E-state index is 8.70. The summed E-state index contributed by atoms with van der Waals surface area (Å²) in [7, 11) is 0. The van der Waals surface area contributed by atoms with Crippen molar-refractivity contribution >= 4 is 0 Å². The van der Waals surface area contributed by atoms with E-state index in [4.69, 9.17) is 5.26 Å². The van der Waals surface area contributed by atoms with Crippen LogP contribution in [0.25, 0.3) is 11.1 Å². The van der Waals surface area contributed by atoms with E-state index in [1.165, 1.54) is 27.8 Å². The normalized spacial score (nSPS) is 11.7. The van der Waals surface area contributed by atoms with Gasteiger partial charge in [-0.25, -0.2) is 0 Å². The van der Waals surface area contributed by atoms with Gasteiger partial charge in [0, 0.05) is 6.42 Å². The highest BCUT2D eigenvalue weighted by molar-refractivity contribution is 5.77. The number of benzene rings is 2. The molecule has 0 unspecified atom stereocenters. The van der Waals surface area contributed by atoms with Crippen LogP contribution in [0.5, 0.6) is 0 Å². The molecule has 1 aliphatic rings. The number of hydrogen-bond donors (Lipinski definition) is 0. The van der Waals surface area contributed by atoms with Gasteiger partial charge in [-0.15, -0.1) is 0 Å². The lowest BCUT2D eigenvalue weighted by Crippen LogP contribution is -1.92. The maximum atomic E-state index is 8.70. The minimum atomic E-state index is 0.604. The van der Waals surface area contributed by atoms with Crippen molar-refractivity contribution < 1.29 is 0 Å². The molecule has 1 nitrogen and oxygen atoms in total. The van der Waals surface area contributed by atoms with Crippen molar-refractivity contribution in [2.24, 2.45) is 0 Å². The molecular weight excluding hydrogens is 206 g/mol. The second-order valence-electron chi connectivity index (χ2n) is 4.44. The van der Waals surface area contributed by atoms with Crippen LogP contribution in [0.3, 0.4) is 0 Å². The van der Waals surface area contributed by atoms with E-state index in [9.17, 15) is 0 Å². The van der Waals surface area contributed by atoms with Crippen LogP contribution in [0.1, 0.15) is 23.1 Å². The van der Waals surface area contributed by atoms with Gasteiger partial charge in [0.2, 0.25) is 0 Å². The van der Waals surface area contributed by atoms with Crippen molar-refractivity contribution in [1.29, 1.82) is 5.26 Å². The Morgan fingerprint density at radius 3 is 2.71 bits per heavy atom. The maximum Gasteiger partial charge on any atom is 0.0625 e. The van der Waals surface area contributed by atoms with Crippen molar-refractivity contribution in [3.63, 3.8) is 0 Å². The Bertz CT molecular complexity index is 605. The van der Waals surface area contributed by atoms with E-state index < -0.39 is 0 Å². The molecule has 3 rings (SSSR count). The topological polar surface area (TPSA) is 23.8 Å². The summed E-state index contributed by atoms with van der Waals surface area (Å²) in [6.07, 6.45) is 2.49. The Morgan fingerprint density at radius 2 is 1.82 bits per heavy atom. The third-order valence-corrected chi connectivity index (χ3v) is 3.45. The van der Waals surface area contributed by atoms with Crippen LogP contribution in [0.15, 0.2) is 42.5 Å². The summed E-state index contributed by atoms with van der Waals surface area (Å²) in [5, 5.41) is 8.70. The minimum Gasteiger partial charge on any atom is -0.198 e. The van der Waals surface area contributed by atoms with Gasteiger partial charge in [0.1, 0.15) is 0 Å². The van der Waals surface area contributed by atoms with Gasteiger partial charge in [-0.3, -0.25) is 0 Å². The van der Waals surface area contributed by atoms with E-state index >= 15 is 0 Å². The van der Waals surface area contributed by atoms with Crippen LogP contribution in [0.2, 0.25) is 0 Å². The Kier molecular flexibility index (Phi) is 2.42. The fourth-order valence-electron chi connectivity index (χ4n) is 2.65. The molecule has 0 aliphatic heterocycles. The zero-order valence-corrected chi connectivity index (χ0v) is 9.61. The van der Waals surface area contributed by atoms with Crippen molar-refractivity contribution in [2.45, 2.75) is 19.3 Å². The van der Waals surface area contributed by atoms with Gasteiger partial charge >= 0.3 is 0 Å². The number of nitriles is 1. The minimum absolute atomic E-state index is 0.604. The largest absolute Gasteiger partial charge is 0.198 e. The summed E-state index contributed by atoms with van der Waals surface area (Å²) < 4.78 is 0. The first-order valence-corrected chi connectivity index (χ1v) is 5.96. The van der Waals surface area contributed by atoms with E-state index in [2.05, 4.69) is 48.5 Å². The molecule has 17 heavy (non-hydrogen) atoms. The number of rotatable bonds is 2. The first-order chi connectivity index (χ1) is 8.40. The van der Waals surface area contributed by atoms with E-state index in [-0.39, 0.29) is 0 Å². The van der Waals surface area contributed by atoms with Gasteiger partial charge in [0.05, 0.1) is 6.07 Å². The fourth-order valence-corrected chi connectivity index (χ4v) is 2.65. The predicted molar refractivity (Wildman–Crippen MR) is 68.6 cm³/mol. The molecule has 0 saturated carbocycles. The molecule has 0 N–H and O–H groups in total. The monoisotopic (exact) mass is 219 g/mol. The van der Waals surface area contributed by atoms with Gasteiger partial charge in [0.15, 0.2) is 0 Å². The average Bonchev–Trinajstić information content (AvgIpc) is 2.75. The highest BCUT2D eigenvalue weighted by Gasteiger charge is 2.19. The second-order valence-corrected chi connectivity index (χ2v) is 4.44. The zero-order valence-electron chi connectivity index (χ0n) is 9.61. The van der Waals surface area contributed by atoms with Crippen LogP contribution >= 0.6 is 0 Å². The number of hydrogen-bond acceptors (Lipinski definition) is 1. The first-order valence-electron chi connectivity index (χ1n) is 5.96. The molecule has 1 aliphatic carbocycles. The molecule has 0 atom stereocenters. The zero-order chi connectivity index (χ0) is 11.7. The highest BCUT2D eigenvalue weighted by atomic mass is 14.3. The molecule has 2 aromatic carbocycles. The van der Waals surface area contributed by atoms with E-state index in [1.54, 1.807) is 0 Å². The lowest BCUT2D eigenvalue weighted by Gasteiger charge is -2.06. The lowest BCUT2D eigenvalue weighted by atomic mass is 9.98. The number of fused-ring (bicyclic) bond motifs is 3. The first kappa shape index (κ1) is 10.1. The molecule has 0 fully saturated rings. The Balaban J connectivity index is 2.08. The van der Waals surface area contributed by atoms with E-state index in [0.717, 1.165) is 12.8 Å². The SMILES string of the molecule is N#CCCc1cccc2c1Cc1ccccc1-2. The molecule has 2 aromatic rings. The smallest absolute Gasteiger partial charge is 0.0625 e. The van der Waals surface area contributed by atoms with Crippen LogP contribution in [0.4, 0.5) is 0 Å². The predicted octanol–water partition coefficient (Wildman–Crippen LogP) is 3.71. The third kappa shape index (κ3) is 1.62. The molecule has 0 aromatic heterocycles. The summed E-state index contributed by atoms with van der Waals surface area (Å²) in [6.45, 7) is 0. The molecule has 0 saturated heterocycles. The molecule has 0 heterocycles. The molecular formula is C16H13N. The summed E-state index contributed by atoms with van der Waals surface area (Å²) in [6, 6.07) is 17.3. The average molecular weight is 219 g/mol. The van der Waals surface area contributed by atoms with Gasteiger partial charge in [-0.2, -0.15) is 5.26 Å². The molecule has 0 bridgehead atoms. The lowest BCUT2D eigenvalue weighted by molar-refractivity contribution is 0.987. The summed E-state index contributed by atoms with van der Waals surface area (Å²) >= 11 is 0. The van der Waals surface area contributed by atoms with Gasteiger partial charge < -0.3 is 0 Å². The quantitative estimate of drug-likeness (QED) is 0.644. The summed E-state index contributed by atoms with van der Waals surface area (Å²) in [5.74, 6) is 0.